The number of halogens is 1. The largest absolute Gasteiger partial charge is 0.356 e. The predicted octanol–water partition coefficient (Wildman–Crippen LogP) is 3.25. The fraction of sp³-hybridized carbons (Fsp3) is 0.917. The number of rotatable bonds is 5. The zero-order chi connectivity index (χ0) is 11.3. The average molecular weight is 276 g/mol. The lowest BCUT2D eigenvalue weighted by molar-refractivity contribution is -0.129. The normalized spacial score (nSPS) is 21.3. The summed E-state index contributed by atoms with van der Waals surface area (Å²) in [5.41, 5.74) is -0.0694. The van der Waals surface area contributed by atoms with E-state index in [1.165, 1.54) is 12.8 Å². The number of carbonyl (C=O) groups excluding carboxylic acids is 1. The van der Waals surface area contributed by atoms with Gasteiger partial charge in [-0.25, -0.2) is 0 Å². The van der Waals surface area contributed by atoms with E-state index in [1.807, 2.05) is 0 Å². The summed E-state index contributed by atoms with van der Waals surface area (Å²) < 4.78 is 0. The Labute approximate surface area is 101 Å². The quantitative estimate of drug-likeness (QED) is 0.606. The van der Waals surface area contributed by atoms with Crippen molar-refractivity contribution in [3.63, 3.8) is 0 Å². The number of hydrogen-bond donors (Lipinski definition) is 1. The van der Waals surface area contributed by atoms with Crippen molar-refractivity contribution in [2.24, 2.45) is 5.41 Å². The number of amides is 1. The summed E-state index contributed by atoms with van der Waals surface area (Å²) >= 11 is 3.51. The van der Waals surface area contributed by atoms with Crippen molar-refractivity contribution in [3.8, 4) is 0 Å². The molecule has 1 aliphatic rings. The monoisotopic (exact) mass is 275 g/mol. The maximum atomic E-state index is 11.9. The molecule has 0 saturated heterocycles. The molecule has 0 aromatic carbocycles. The van der Waals surface area contributed by atoms with Crippen molar-refractivity contribution in [2.45, 2.75) is 57.2 Å². The lowest BCUT2D eigenvalue weighted by Gasteiger charge is -2.22. The highest BCUT2D eigenvalue weighted by atomic mass is 79.9. The van der Waals surface area contributed by atoms with Crippen molar-refractivity contribution in [3.05, 3.63) is 0 Å². The van der Waals surface area contributed by atoms with Gasteiger partial charge in [-0.3, -0.25) is 4.79 Å². The Morgan fingerprint density at radius 1 is 1.47 bits per heavy atom. The summed E-state index contributed by atoms with van der Waals surface area (Å²) in [6.07, 6.45) is 6.73. The van der Waals surface area contributed by atoms with Gasteiger partial charge in [0.05, 0.1) is 0 Å². The van der Waals surface area contributed by atoms with Crippen LogP contribution < -0.4 is 5.32 Å². The van der Waals surface area contributed by atoms with Crippen LogP contribution in [0.5, 0.6) is 0 Å². The van der Waals surface area contributed by atoms with Gasteiger partial charge in [0.15, 0.2) is 0 Å². The molecule has 0 aromatic heterocycles. The first-order valence-corrected chi connectivity index (χ1v) is 6.88. The van der Waals surface area contributed by atoms with Gasteiger partial charge in [0.1, 0.15) is 0 Å². The molecule has 0 radical (unpaired) electrons. The Kier molecular flexibility index (Phi) is 5.10. The van der Waals surface area contributed by atoms with Crippen molar-refractivity contribution in [1.82, 2.24) is 5.32 Å². The van der Waals surface area contributed by atoms with Gasteiger partial charge in [-0.2, -0.15) is 0 Å². The summed E-state index contributed by atoms with van der Waals surface area (Å²) in [4.78, 5) is 12.4. The number of alkyl halides is 1. The van der Waals surface area contributed by atoms with Gasteiger partial charge in [-0.05, 0) is 25.7 Å². The van der Waals surface area contributed by atoms with Crippen molar-refractivity contribution in [1.29, 1.82) is 0 Å². The molecule has 1 aliphatic carbocycles. The summed E-state index contributed by atoms with van der Waals surface area (Å²) in [5.74, 6) is 0.266. The predicted molar refractivity (Wildman–Crippen MR) is 67.2 cm³/mol. The third kappa shape index (κ3) is 4.13. The van der Waals surface area contributed by atoms with E-state index in [4.69, 9.17) is 0 Å². The molecule has 15 heavy (non-hydrogen) atoms. The van der Waals surface area contributed by atoms with E-state index in [0.717, 1.165) is 32.2 Å². The zero-order valence-corrected chi connectivity index (χ0v) is 11.4. The van der Waals surface area contributed by atoms with Gasteiger partial charge < -0.3 is 5.32 Å². The molecule has 3 heteroatoms. The number of carbonyl (C=O) groups is 1. The molecule has 88 valence electrons. The standard InChI is InChI=1S/C12H22BrNO/c1-10(13)6-5-9-14-11(15)12(2)7-3-4-8-12/h10H,3-9H2,1-2H3,(H,14,15). The second-order valence-corrected chi connectivity index (χ2v) is 6.51. The molecule has 1 atom stereocenters. The van der Waals surface area contributed by atoms with Crippen molar-refractivity contribution < 1.29 is 4.79 Å². The summed E-state index contributed by atoms with van der Waals surface area (Å²) in [6.45, 7) is 5.06. The topological polar surface area (TPSA) is 29.1 Å². The molecule has 1 saturated carbocycles. The van der Waals surface area contributed by atoms with Gasteiger partial charge in [0, 0.05) is 16.8 Å². The Morgan fingerprint density at radius 3 is 2.60 bits per heavy atom. The molecule has 2 nitrogen and oxygen atoms in total. The molecule has 0 aliphatic heterocycles. The fourth-order valence-electron chi connectivity index (χ4n) is 2.18. The summed E-state index contributed by atoms with van der Waals surface area (Å²) in [5, 5.41) is 3.06. The fourth-order valence-corrected chi connectivity index (χ4v) is 2.50. The Morgan fingerprint density at radius 2 is 2.07 bits per heavy atom. The highest BCUT2D eigenvalue weighted by Gasteiger charge is 2.35. The second-order valence-electron chi connectivity index (χ2n) is 4.95. The van der Waals surface area contributed by atoms with E-state index in [2.05, 4.69) is 35.1 Å². The SMILES string of the molecule is CC(Br)CCCNC(=O)C1(C)CCCC1. The van der Waals surface area contributed by atoms with Crippen LogP contribution in [0, 0.1) is 5.41 Å². The first-order valence-electron chi connectivity index (χ1n) is 5.97. The highest BCUT2D eigenvalue weighted by molar-refractivity contribution is 9.09. The minimum atomic E-state index is -0.0694. The van der Waals surface area contributed by atoms with E-state index in [1.54, 1.807) is 0 Å². The Hall–Kier alpha value is -0.0500. The van der Waals surface area contributed by atoms with Crippen LogP contribution >= 0.6 is 15.9 Å². The average Bonchev–Trinajstić information content (AvgIpc) is 2.60. The Balaban J connectivity index is 2.18. The molecule has 0 aromatic rings. The molecule has 0 heterocycles. The molecule has 1 rings (SSSR count). The van der Waals surface area contributed by atoms with Gasteiger partial charge >= 0.3 is 0 Å². The zero-order valence-electron chi connectivity index (χ0n) is 9.81. The highest BCUT2D eigenvalue weighted by Crippen LogP contribution is 2.37. The third-order valence-electron chi connectivity index (χ3n) is 3.32. The van der Waals surface area contributed by atoms with Crippen LogP contribution in [0.2, 0.25) is 0 Å². The van der Waals surface area contributed by atoms with Gasteiger partial charge in [-0.1, -0.05) is 42.6 Å². The lowest BCUT2D eigenvalue weighted by atomic mass is 9.88. The first kappa shape index (κ1) is 13.0. The molecule has 1 amide bonds. The van der Waals surface area contributed by atoms with E-state index < -0.39 is 0 Å². The van der Waals surface area contributed by atoms with Crippen LogP contribution in [0.25, 0.3) is 0 Å². The van der Waals surface area contributed by atoms with Crippen LogP contribution in [0.3, 0.4) is 0 Å². The minimum Gasteiger partial charge on any atom is -0.356 e. The van der Waals surface area contributed by atoms with Crippen LogP contribution in [-0.2, 0) is 4.79 Å². The molecule has 0 spiro atoms. The summed E-state index contributed by atoms with van der Waals surface area (Å²) in [6, 6.07) is 0. The minimum absolute atomic E-state index is 0.0694. The van der Waals surface area contributed by atoms with Crippen molar-refractivity contribution in [2.75, 3.05) is 6.54 Å². The maximum Gasteiger partial charge on any atom is 0.225 e. The van der Waals surface area contributed by atoms with Crippen LogP contribution in [-0.4, -0.2) is 17.3 Å². The lowest BCUT2D eigenvalue weighted by Crippen LogP contribution is -2.37. The van der Waals surface area contributed by atoms with Crippen LogP contribution in [0.15, 0.2) is 0 Å². The van der Waals surface area contributed by atoms with Gasteiger partial charge in [0.2, 0.25) is 5.91 Å². The molecular formula is C12H22BrNO. The smallest absolute Gasteiger partial charge is 0.225 e. The second kappa shape index (κ2) is 5.88. The van der Waals surface area contributed by atoms with E-state index in [0.29, 0.717) is 4.83 Å². The maximum absolute atomic E-state index is 11.9. The Bertz CT molecular complexity index is 210. The van der Waals surface area contributed by atoms with Crippen molar-refractivity contribution >= 4 is 21.8 Å². The van der Waals surface area contributed by atoms with E-state index in [-0.39, 0.29) is 11.3 Å². The molecular weight excluding hydrogens is 254 g/mol. The van der Waals surface area contributed by atoms with Crippen LogP contribution in [0.4, 0.5) is 0 Å². The molecule has 1 N–H and O–H groups in total. The van der Waals surface area contributed by atoms with Gasteiger partial charge in [-0.15, -0.1) is 0 Å². The number of nitrogens with one attached hydrogen (secondary N) is 1. The van der Waals surface area contributed by atoms with E-state index in [9.17, 15) is 4.79 Å². The number of hydrogen-bond acceptors (Lipinski definition) is 1. The summed E-state index contributed by atoms with van der Waals surface area (Å²) in [7, 11) is 0. The van der Waals surface area contributed by atoms with Crippen LogP contribution in [0.1, 0.15) is 52.4 Å². The molecule has 0 bridgehead atoms. The first-order chi connectivity index (χ1) is 7.04. The van der Waals surface area contributed by atoms with E-state index >= 15 is 0 Å². The van der Waals surface area contributed by atoms with Gasteiger partial charge in [0.25, 0.3) is 0 Å². The molecule has 1 unspecified atom stereocenters. The molecule has 1 fully saturated rings. The third-order valence-corrected chi connectivity index (χ3v) is 3.78.